The van der Waals surface area contributed by atoms with Crippen LogP contribution in [0.5, 0.6) is 0 Å². The molecule has 0 aliphatic carbocycles. The van der Waals surface area contributed by atoms with Crippen LogP contribution in [-0.4, -0.2) is 49.5 Å². The quantitative estimate of drug-likeness (QED) is 0.574. The predicted octanol–water partition coefficient (Wildman–Crippen LogP) is 2.54. The second-order valence-corrected chi connectivity index (χ2v) is 8.15. The summed E-state index contributed by atoms with van der Waals surface area (Å²) >= 11 is 2.27. The van der Waals surface area contributed by atoms with Gasteiger partial charge in [0.25, 0.3) is 5.69 Å². The minimum Gasteiger partial charge on any atom is -0.480 e. The Hall–Kier alpha value is -2.07. The number of carbonyl (C=O) groups excluding carboxylic acids is 2. The molecule has 8 nitrogen and oxygen atoms in total. The monoisotopic (exact) mass is 398 g/mol. The van der Waals surface area contributed by atoms with E-state index in [-0.39, 0.29) is 28.2 Å². The third-order valence-corrected chi connectivity index (χ3v) is 6.26. The topological polar surface area (TPSA) is 118 Å². The fraction of sp³-hybridized carbons (Fsp3) is 0.438. The van der Waals surface area contributed by atoms with Crippen molar-refractivity contribution in [1.29, 1.82) is 0 Å². The van der Waals surface area contributed by atoms with E-state index < -0.39 is 28.2 Å². The van der Waals surface area contributed by atoms with Gasteiger partial charge in [0.15, 0.2) is 5.12 Å². The molecule has 26 heavy (non-hydrogen) atoms. The number of rotatable bonds is 6. The van der Waals surface area contributed by atoms with Gasteiger partial charge in [-0.25, -0.2) is 4.79 Å². The lowest BCUT2D eigenvalue weighted by Crippen LogP contribution is -2.45. The first-order valence-corrected chi connectivity index (χ1v) is 9.80. The van der Waals surface area contributed by atoms with Crippen LogP contribution in [0.4, 0.5) is 5.69 Å². The lowest BCUT2D eigenvalue weighted by atomic mass is 10.1. The summed E-state index contributed by atoms with van der Waals surface area (Å²) in [5, 5.41) is 19.7. The summed E-state index contributed by atoms with van der Waals surface area (Å²) in [6, 6.07) is 4.85. The summed E-state index contributed by atoms with van der Waals surface area (Å²) in [6.07, 6.45) is 0. The highest BCUT2D eigenvalue weighted by molar-refractivity contribution is 8.13. The second-order valence-electron chi connectivity index (χ2n) is 5.84. The minimum absolute atomic E-state index is 0.116. The number of nitro groups is 1. The van der Waals surface area contributed by atoms with Gasteiger partial charge in [-0.3, -0.25) is 19.7 Å². The van der Waals surface area contributed by atoms with Gasteiger partial charge in [-0.15, -0.1) is 11.8 Å². The fourth-order valence-corrected chi connectivity index (χ4v) is 4.63. The van der Waals surface area contributed by atoms with Crippen molar-refractivity contribution in [2.24, 2.45) is 5.92 Å². The average Bonchev–Trinajstić information content (AvgIpc) is 3.04. The molecule has 0 bridgehead atoms. The number of carboxylic acid groups (broad SMARTS) is 1. The van der Waals surface area contributed by atoms with Gasteiger partial charge in [-0.05, 0) is 5.56 Å². The molecule has 0 aromatic heterocycles. The third kappa shape index (κ3) is 4.55. The van der Waals surface area contributed by atoms with Crippen molar-refractivity contribution in [2.75, 3.05) is 11.5 Å². The van der Waals surface area contributed by atoms with E-state index in [0.717, 1.165) is 11.8 Å². The summed E-state index contributed by atoms with van der Waals surface area (Å²) in [6.45, 7) is 3.05. The van der Waals surface area contributed by atoms with Gasteiger partial charge in [0.2, 0.25) is 5.91 Å². The molecule has 0 radical (unpaired) electrons. The molecule has 1 aromatic carbocycles. The molecule has 1 saturated heterocycles. The van der Waals surface area contributed by atoms with Crippen molar-refractivity contribution in [1.82, 2.24) is 4.90 Å². The zero-order valence-corrected chi connectivity index (χ0v) is 15.8. The van der Waals surface area contributed by atoms with Crippen molar-refractivity contribution in [3.05, 3.63) is 39.9 Å². The van der Waals surface area contributed by atoms with Crippen LogP contribution in [0.15, 0.2) is 24.3 Å². The van der Waals surface area contributed by atoms with Gasteiger partial charge in [-0.1, -0.05) is 30.8 Å². The van der Waals surface area contributed by atoms with Crippen molar-refractivity contribution >= 4 is 46.2 Å². The Labute approximate surface area is 158 Å². The smallest absolute Gasteiger partial charge is 0.327 e. The number of non-ortho nitro benzene ring substituents is 1. The molecule has 1 aliphatic rings. The summed E-state index contributed by atoms with van der Waals surface area (Å²) in [7, 11) is 0. The molecule has 1 amide bonds. The zero-order chi connectivity index (χ0) is 19.4. The molecule has 2 rings (SSSR count). The first-order chi connectivity index (χ1) is 12.2. The van der Waals surface area contributed by atoms with Crippen LogP contribution in [0.25, 0.3) is 0 Å². The number of aliphatic carboxylic acids is 1. The van der Waals surface area contributed by atoms with E-state index in [9.17, 15) is 29.6 Å². The van der Waals surface area contributed by atoms with Gasteiger partial charge < -0.3 is 10.0 Å². The minimum atomic E-state index is -1.12. The Morgan fingerprint density at radius 2 is 2.15 bits per heavy atom. The first kappa shape index (κ1) is 20.2. The molecule has 0 spiro atoms. The molecular formula is C16H18N2O6S2. The van der Waals surface area contributed by atoms with E-state index in [1.54, 1.807) is 13.0 Å². The first-order valence-electron chi connectivity index (χ1n) is 7.76. The number of nitro benzene ring substituents is 1. The zero-order valence-electron chi connectivity index (χ0n) is 14.2. The number of amides is 1. The van der Waals surface area contributed by atoms with Crippen molar-refractivity contribution in [2.45, 2.75) is 25.3 Å². The molecule has 1 unspecified atom stereocenters. The summed E-state index contributed by atoms with van der Waals surface area (Å²) < 4.78 is 0. The van der Waals surface area contributed by atoms with Gasteiger partial charge >= 0.3 is 5.97 Å². The van der Waals surface area contributed by atoms with Crippen molar-refractivity contribution < 1.29 is 24.4 Å². The SMILES string of the molecule is CC(=O)SC[C@@H](C)C(=O)N1C(c2cccc([N+](=O)[O-])c2)SC[C@H]1C(=O)O. The van der Waals surface area contributed by atoms with E-state index >= 15 is 0 Å². The van der Waals surface area contributed by atoms with Crippen LogP contribution in [0, 0.1) is 16.0 Å². The highest BCUT2D eigenvalue weighted by Gasteiger charge is 2.43. The maximum absolute atomic E-state index is 12.9. The number of carboxylic acids is 1. The maximum Gasteiger partial charge on any atom is 0.327 e. The Morgan fingerprint density at radius 1 is 1.46 bits per heavy atom. The largest absolute Gasteiger partial charge is 0.480 e. The standard InChI is InChI=1S/C16H18N2O6S2/c1-9(7-25-10(2)19)14(20)17-13(16(21)22)8-26-15(17)11-4-3-5-12(6-11)18(23)24/h3-6,9,13,15H,7-8H2,1-2H3,(H,21,22)/t9-,13+,15?/m1/s1. The Balaban J connectivity index is 2.31. The van der Waals surface area contributed by atoms with Crippen LogP contribution in [0.1, 0.15) is 24.8 Å². The molecule has 0 saturated carbocycles. The molecule has 1 fully saturated rings. The van der Waals surface area contributed by atoms with E-state index in [4.69, 9.17) is 0 Å². The average molecular weight is 398 g/mol. The molecule has 140 valence electrons. The molecule has 1 aromatic rings. The fourth-order valence-electron chi connectivity index (χ4n) is 2.58. The summed E-state index contributed by atoms with van der Waals surface area (Å²) in [5.41, 5.74) is 0.391. The highest BCUT2D eigenvalue weighted by Crippen LogP contribution is 2.43. The van der Waals surface area contributed by atoms with Gasteiger partial charge in [0.1, 0.15) is 11.4 Å². The van der Waals surface area contributed by atoms with Crippen LogP contribution < -0.4 is 0 Å². The van der Waals surface area contributed by atoms with Crippen molar-refractivity contribution in [3.63, 3.8) is 0 Å². The van der Waals surface area contributed by atoms with Crippen LogP contribution in [0.3, 0.4) is 0 Å². The maximum atomic E-state index is 12.9. The number of carbonyl (C=O) groups is 3. The normalized spacial score (nSPS) is 20.6. The third-order valence-electron chi connectivity index (χ3n) is 3.86. The lowest BCUT2D eigenvalue weighted by molar-refractivity contribution is -0.384. The Bertz CT molecular complexity index is 741. The van der Waals surface area contributed by atoms with E-state index in [0.29, 0.717) is 5.56 Å². The summed E-state index contributed by atoms with van der Waals surface area (Å²) in [4.78, 5) is 47.3. The van der Waals surface area contributed by atoms with Gasteiger partial charge in [0, 0.05) is 36.5 Å². The Kier molecular flexibility index (Phi) is 6.65. The number of thioether (sulfide) groups is 2. The summed E-state index contributed by atoms with van der Waals surface area (Å²) in [5.74, 6) is -1.60. The Morgan fingerprint density at radius 3 is 2.73 bits per heavy atom. The van der Waals surface area contributed by atoms with Crippen molar-refractivity contribution in [3.8, 4) is 0 Å². The van der Waals surface area contributed by atoms with Crippen LogP contribution in [0.2, 0.25) is 0 Å². The molecular weight excluding hydrogens is 380 g/mol. The predicted molar refractivity (Wildman–Crippen MR) is 98.9 cm³/mol. The molecule has 10 heteroatoms. The second kappa shape index (κ2) is 8.54. The van der Waals surface area contributed by atoms with E-state index in [2.05, 4.69) is 0 Å². The van der Waals surface area contributed by atoms with E-state index in [1.807, 2.05) is 0 Å². The molecule has 1 aliphatic heterocycles. The lowest BCUT2D eigenvalue weighted by Gasteiger charge is -2.30. The number of nitrogens with zero attached hydrogens (tertiary/aromatic N) is 2. The van der Waals surface area contributed by atoms with E-state index in [1.165, 1.54) is 41.8 Å². The molecule has 3 atom stereocenters. The number of hydrogen-bond acceptors (Lipinski definition) is 7. The number of hydrogen-bond donors (Lipinski definition) is 1. The van der Waals surface area contributed by atoms with Crippen LogP contribution >= 0.6 is 23.5 Å². The van der Waals surface area contributed by atoms with Gasteiger partial charge in [-0.2, -0.15) is 0 Å². The highest BCUT2D eigenvalue weighted by atomic mass is 32.2. The van der Waals surface area contributed by atoms with Crippen LogP contribution in [-0.2, 0) is 14.4 Å². The number of benzene rings is 1. The van der Waals surface area contributed by atoms with Gasteiger partial charge in [0.05, 0.1) is 4.92 Å². The molecule has 1 heterocycles. The molecule has 1 N–H and O–H groups in total.